The predicted octanol–water partition coefficient (Wildman–Crippen LogP) is -0.176. The molecule has 0 unspecified atom stereocenters. The van der Waals surface area contributed by atoms with Crippen molar-refractivity contribution in [2.75, 3.05) is 0 Å². The van der Waals surface area contributed by atoms with Crippen LogP contribution in [-0.2, 0) is 11.8 Å². The third kappa shape index (κ3) is 1.69. The van der Waals surface area contributed by atoms with Crippen LogP contribution in [0.5, 0.6) is 0 Å². The maximum absolute atomic E-state index is 11.8. The summed E-state index contributed by atoms with van der Waals surface area (Å²) in [5.74, 6) is 0.0955. The minimum atomic E-state index is -0.188. The van der Waals surface area contributed by atoms with Crippen LogP contribution in [0.2, 0.25) is 0 Å². The summed E-state index contributed by atoms with van der Waals surface area (Å²) in [7, 11) is 1.80. The van der Waals surface area contributed by atoms with Crippen LogP contribution in [-0.4, -0.2) is 37.9 Å². The zero-order chi connectivity index (χ0) is 11.9. The lowest BCUT2D eigenvalue weighted by atomic mass is 10.1. The first-order valence-electron chi connectivity index (χ1n) is 5.43. The molecule has 2 heterocycles. The van der Waals surface area contributed by atoms with Gasteiger partial charge >= 0.3 is 0 Å². The van der Waals surface area contributed by atoms with Crippen molar-refractivity contribution in [1.82, 2.24) is 19.9 Å². The fourth-order valence-electron chi connectivity index (χ4n) is 2.25. The molecule has 0 aliphatic carbocycles. The highest BCUT2D eigenvalue weighted by Crippen LogP contribution is 2.32. The predicted molar refractivity (Wildman–Crippen MR) is 58.3 cm³/mol. The molecule has 88 valence electrons. The minimum Gasteiger partial charge on any atom is -0.330 e. The first-order chi connectivity index (χ1) is 7.50. The Hall–Kier alpha value is -1.43. The molecule has 0 aromatic carbocycles. The van der Waals surface area contributed by atoms with Crippen molar-refractivity contribution in [2.45, 2.75) is 38.4 Å². The molecule has 6 heteroatoms. The molecule has 16 heavy (non-hydrogen) atoms. The average Bonchev–Trinajstić information content (AvgIpc) is 2.69. The molecule has 2 rings (SSSR count). The molecule has 1 fully saturated rings. The second-order valence-corrected chi connectivity index (χ2v) is 4.52. The monoisotopic (exact) mass is 223 g/mol. The van der Waals surface area contributed by atoms with E-state index >= 15 is 0 Å². The Bertz CT molecular complexity index is 400. The Labute approximate surface area is 94.4 Å². The largest absolute Gasteiger partial charge is 0.330 e. The summed E-state index contributed by atoms with van der Waals surface area (Å²) >= 11 is 0. The van der Waals surface area contributed by atoms with Crippen LogP contribution >= 0.6 is 0 Å². The molecule has 1 aliphatic rings. The smallest absolute Gasteiger partial charge is 0.225 e. The fraction of sp³-hybridized carbons (Fsp3) is 0.700. The molecule has 1 amide bonds. The average molecular weight is 223 g/mol. The van der Waals surface area contributed by atoms with E-state index in [-0.39, 0.29) is 24.0 Å². The van der Waals surface area contributed by atoms with Crippen LogP contribution in [0.25, 0.3) is 0 Å². The molecule has 1 aromatic heterocycles. The van der Waals surface area contributed by atoms with E-state index < -0.39 is 0 Å². The lowest BCUT2D eigenvalue weighted by molar-refractivity contribution is -0.130. The van der Waals surface area contributed by atoms with Gasteiger partial charge in [-0.3, -0.25) is 9.48 Å². The number of hydrogen-bond donors (Lipinski definition) is 1. The van der Waals surface area contributed by atoms with Gasteiger partial charge in [-0.25, -0.2) is 0 Å². The van der Waals surface area contributed by atoms with Crippen LogP contribution in [0, 0.1) is 0 Å². The highest BCUT2D eigenvalue weighted by molar-refractivity contribution is 5.80. The number of likely N-dealkylation sites (tertiary alicyclic amines) is 1. The molecule has 1 aromatic rings. The maximum atomic E-state index is 11.8. The van der Waals surface area contributed by atoms with E-state index in [9.17, 15) is 4.79 Å². The number of nitrogens with zero attached hydrogens (tertiary/aromatic N) is 4. The first-order valence-corrected chi connectivity index (χ1v) is 5.43. The van der Waals surface area contributed by atoms with Gasteiger partial charge in [-0.15, -0.1) is 5.10 Å². The number of aromatic nitrogens is 3. The highest BCUT2D eigenvalue weighted by atomic mass is 16.2. The molecule has 0 saturated carbocycles. The van der Waals surface area contributed by atoms with Gasteiger partial charge in [0.25, 0.3) is 0 Å². The number of carbonyl (C=O) groups excluding carboxylic acids is 1. The second kappa shape index (κ2) is 3.86. The molecule has 1 aliphatic heterocycles. The summed E-state index contributed by atoms with van der Waals surface area (Å²) in [6, 6.07) is -0.194. The van der Waals surface area contributed by atoms with Gasteiger partial charge in [0.05, 0.1) is 12.2 Å². The van der Waals surface area contributed by atoms with Gasteiger partial charge in [-0.2, -0.15) is 0 Å². The lowest BCUT2D eigenvalue weighted by Crippen LogP contribution is -2.37. The molecule has 0 bridgehead atoms. The first kappa shape index (κ1) is 11.1. The van der Waals surface area contributed by atoms with Crippen LogP contribution in [0.15, 0.2) is 6.20 Å². The Morgan fingerprint density at radius 1 is 1.56 bits per heavy atom. The molecule has 1 saturated heterocycles. The summed E-state index contributed by atoms with van der Waals surface area (Å²) in [6.45, 7) is 3.97. The highest BCUT2D eigenvalue weighted by Gasteiger charge is 2.41. The third-order valence-corrected chi connectivity index (χ3v) is 2.88. The van der Waals surface area contributed by atoms with Crippen molar-refractivity contribution >= 4 is 5.91 Å². The van der Waals surface area contributed by atoms with Crippen LogP contribution < -0.4 is 5.73 Å². The van der Waals surface area contributed by atoms with E-state index in [2.05, 4.69) is 10.3 Å². The zero-order valence-corrected chi connectivity index (χ0v) is 9.79. The fourth-order valence-corrected chi connectivity index (χ4v) is 2.25. The van der Waals surface area contributed by atoms with Gasteiger partial charge in [-0.1, -0.05) is 5.21 Å². The maximum Gasteiger partial charge on any atom is 0.225 e. The second-order valence-electron chi connectivity index (χ2n) is 4.52. The van der Waals surface area contributed by atoms with Gasteiger partial charge < -0.3 is 10.6 Å². The van der Waals surface area contributed by atoms with Crippen molar-refractivity contribution in [2.24, 2.45) is 12.8 Å². The van der Waals surface area contributed by atoms with Crippen molar-refractivity contribution in [1.29, 1.82) is 0 Å². The topological polar surface area (TPSA) is 77.0 Å². The van der Waals surface area contributed by atoms with Crippen molar-refractivity contribution in [3.63, 3.8) is 0 Å². The minimum absolute atomic E-state index is 0.0955. The molecular formula is C10H17N5O. The van der Waals surface area contributed by atoms with E-state index in [4.69, 9.17) is 5.73 Å². The summed E-state index contributed by atoms with van der Waals surface area (Å²) in [4.78, 5) is 13.6. The Morgan fingerprint density at radius 2 is 2.25 bits per heavy atom. The number of hydrogen-bond acceptors (Lipinski definition) is 4. The Morgan fingerprint density at radius 3 is 2.75 bits per heavy atom. The molecule has 6 nitrogen and oxygen atoms in total. The zero-order valence-electron chi connectivity index (χ0n) is 9.79. The summed E-state index contributed by atoms with van der Waals surface area (Å²) in [6.07, 6.45) is 2.21. The standard InChI is InChI=1S/C10H17N5O/c1-6(2)15-9(16)4-7(11)10(15)8-5-14(3)13-12-8/h5-7,10H,4,11H2,1-3H3/t7-,10-/m0/s1. The third-order valence-electron chi connectivity index (χ3n) is 2.88. The van der Waals surface area contributed by atoms with Crippen LogP contribution in [0.3, 0.4) is 0 Å². The lowest BCUT2D eigenvalue weighted by Gasteiger charge is -2.28. The SMILES string of the molecule is CC(C)N1C(=O)C[C@H](N)[C@H]1c1cn(C)nn1. The Kier molecular flexibility index (Phi) is 2.67. The van der Waals surface area contributed by atoms with Gasteiger partial charge in [0.1, 0.15) is 5.69 Å². The number of rotatable bonds is 2. The number of nitrogens with two attached hydrogens (primary N) is 1. The number of amides is 1. The van der Waals surface area contributed by atoms with Crippen LogP contribution in [0.1, 0.15) is 32.0 Å². The molecule has 2 N–H and O–H groups in total. The van der Waals surface area contributed by atoms with Gasteiger partial charge in [0, 0.05) is 25.6 Å². The van der Waals surface area contributed by atoms with E-state index in [0.717, 1.165) is 5.69 Å². The quantitative estimate of drug-likeness (QED) is 0.754. The van der Waals surface area contributed by atoms with Crippen molar-refractivity contribution in [3.8, 4) is 0 Å². The summed E-state index contributed by atoms with van der Waals surface area (Å²) in [5, 5.41) is 7.94. The van der Waals surface area contributed by atoms with Crippen molar-refractivity contribution in [3.05, 3.63) is 11.9 Å². The Balaban J connectivity index is 2.33. The summed E-state index contributed by atoms with van der Waals surface area (Å²) in [5.41, 5.74) is 6.77. The van der Waals surface area contributed by atoms with E-state index in [1.165, 1.54) is 0 Å². The van der Waals surface area contributed by atoms with E-state index in [1.807, 2.05) is 20.0 Å². The van der Waals surface area contributed by atoms with E-state index in [0.29, 0.717) is 6.42 Å². The van der Waals surface area contributed by atoms with Crippen molar-refractivity contribution < 1.29 is 4.79 Å². The van der Waals surface area contributed by atoms with Gasteiger partial charge in [0.2, 0.25) is 5.91 Å². The molecule has 2 atom stereocenters. The van der Waals surface area contributed by atoms with Crippen LogP contribution in [0.4, 0.5) is 0 Å². The normalized spacial score (nSPS) is 25.8. The van der Waals surface area contributed by atoms with Gasteiger partial charge in [0.15, 0.2) is 0 Å². The summed E-state index contributed by atoms with van der Waals surface area (Å²) < 4.78 is 1.63. The van der Waals surface area contributed by atoms with Gasteiger partial charge in [-0.05, 0) is 13.8 Å². The van der Waals surface area contributed by atoms with E-state index in [1.54, 1.807) is 16.6 Å². The number of aryl methyl sites for hydroxylation is 1. The molecular weight excluding hydrogens is 206 g/mol. The molecule has 0 radical (unpaired) electrons. The number of carbonyl (C=O) groups is 1. The molecule has 0 spiro atoms.